The summed E-state index contributed by atoms with van der Waals surface area (Å²) in [6, 6.07) is 14.7. The number of halogens is 2. The molecule has 0 unspecified atom stereocenters. The number of nitrogens with zero attached hydrogens (tertiary/aromatic N) is 2. The van der Waals surface area contributed by atoms with Crippen LogP contribution in [0, 0.1) is 0 Å². The van der Waals surface area contributed by atoms with Gasteiger partial charge in [0.2, 0.25) is 0 Å². The molecule has 1 N–H and O–H groups in total. The smallest absolute Gasteiger partial charge is 0.253 e. The molecule has 0 fully saturated rings. The van der Waals surface area contributed by atoms with E-state index in [1.807, 2.05) is 49.3 Å². The maximum absolute atomic E-state index is 12.8. The third kappa shape index (κ3) is 3.83. The second-order valence-corrected chi connectivity index (χ2v) is 7.02. The fraction of sp³-hybridized carbons (Fsp3) is 0.200. The van der Waals surface area contributed by atoms with Gasteiger partial charge in [0, 0.05) is 23.2 Å². The van der Waals surface area contributed by atoms with Gasteiger partial charge in [-0.1, -0.05) is 41.4 Å². The number of carbonyl (C=O) groups excluding carboxylic acids is 1. The van der Waals surface area contributed by atoms with E-state index in [4.69, 9.17) is 23.2 Å². The van der Waals surface area contributed by atoms with Gasteiger partial charge < -0.3 is 10.2 Å². The van der Waals surface area contributed by atoms with Gasteiger partial charge in [0.05, 0.1) is 22.1 Å². The maximum Gasteiger partial charge on any atom is 0.253 e. The van der Waals surface area contributed by atoms with Crippen LogP contribution in [0.2, 0.25) is 10.0 Å². The fourth-order valence-electron chi connectivity index (χ4n) is 2.92. The van der Waals surface area contributed by atoms with Crippen LogP contribution in [-0.4, -0.2) is 36.4 Å². The third-order valence-corrected chi connectivity index (χ3v) is 4.98. The summed E-state index contributed by atoms with van der Waals surface area (Å²) in [5.74, 6) is -0.190. The average Bonchev–Trinajstić information content (AvgIpc) is 2.63. The second kappa shape index (κ2) is 8.04. The van der Waals surface area contributed by atoms with E-state index in [0.29, 0.717) is 27.7 Å². The summed E-state index contributed by atoms with van der Waals surface area (Å²) in [6.07, 6.45) is 1.65. The first-order valence-corrected chi connectivity index (χ1v) is 8.97. The SMILES string of the molecule is CN(C)[C@H](CNC(=O)c1ccc(Cl)c2cccnc12)c1ccccc1Cl. The largest absolute Gasteiger partial charge is 0.350 e. The van der Waals surface area contributed by atoms with E-state index in [1.165, 1.54) is 0 Å². The Kier molecular flexibility index (Phi) is 5.77. The number of benzene rings is 2. The molecule has 3 aromatic rings. The highest BCUT2D eigenvalue weighted by Crippen LogP contribution is 2.27. The minimum atomic E-state index is -0.190. The lowest BCUT2D eigenvalue weighted by Gasteiger charge is -2.26. The molecule has 1 aromatic heterocycles. The summed E-state index contributed by atoms with van der Waals surface area (Å²) < 4.78 is 0. The number of hydrogen-bond acceptors (Lipinski definition) is 3. The summed E-state index contributed by atoms with van der Waals surface area (Å²) in [4.78, 5) is 19.1. The quantitative estimate of drug-likeness (QED) is 0.696. The monoisotopic (exact) mass is 387 g/mol. The average molecular weight is 388 g/mol. The van der Waals surface area contributed by atoms with Crippen LogP contribution in [0.15, 0.2) is 54.7 Å². The van der Waals surface area contributed by atoms with E-state index >= 15 is 0 Å². The Labute approximate surface area is 162 Å². The molecule has 0 aliphatic heterocycles. The van der Waals surface area contributed by atoms with Crippen molar-refractivity contribution in [1.82, 2.24) is 15.2 Å². The highest BCUT2D eigenvalue weighted by Gasteiger charge is 2.19. The van der Waals surface area contributed by atoms with Gasteiger partial charge in [0.1, 0.15) is 0 Å². The molecule has 1 amide bonds. The van der Waals surface area contributed by atoms with Crippen LogP contribution in [0.25, 0.3) is 10.9 Å². The Morgan fingerprint density at radius 1 is 1.08 bits per heavy atom. The Morgan fingerprint density at radius 2 is 1.85 bits per heavy atom. The zero-order valence-corrected chi connectivity index (χ0v) is 16.1. The van der Waals surface area contributed by atoms with Crippen molar-refractivity contribution in [1.29, 1.82) is 0 Å². The Bertz CT molecular complexity index is 943. The van der Waals surface area contributed by atoms with Crippen molar-refractivity contribution in [2.24, 2.45) is 0 Å². The van der Waals surface area contributed by atoms with E-state index < -0.39 is 0 Å². The molecule has 0 aliphatic carbocycles. The lowest BCUT2D eigenvalue weighted by atomic mass is 10.1. The lowest BCUT2D eigenvalue weighted by molar-refractivity contribution is 0.0943. The summed E-state index contributed by atoms with van der Waals surface area (Å²) in [5.41, 5.74) is 2.07. The molecular formula is C20H19Cl2N3O. The summed E-state index contributed by atoms with van der Waals surface area (Å²) >= 11 is 12.5. The molecular weight excluding hydrogens is 369 g/mol. The Morgan fingerprint density at radius 3 is 2.58 bits per heavy atom. The molecule has 134 valence electrons. The molecule has 3 rings (SSSR count). The van der Waals surface area contributed by atoms with Crippen molar-refractivity contribution in [2.45, 2.75) is 6.04 Å². The highest BCUT2D eigenvalue weighted by atomic mass is 35.5. The first kappa shape index (κ1) is 18.6. The van der Waals surface area contributed by atoms with Crippen molar-refractivity contribution >= 4 is 40.0 Å². The number of amides is 1. The molecule has 2 aromatic carbocycles. The van der Waals surface area contributed by atoms with Crippen molar-refractivity contribution in [3.63, 3.8) is 0 Å². The van der Waals surface area contributed by atoms with Gasteiger partial charge in [-0.15, -0.1) is 0 Å². The second-order valence-electron chi connectivity index (χ2n) is 6.21. The van der Waals surface area contributed by atoms with Crippen LogP contribution in [0.5, 0.6) is 0 Å². The van der Waals surface area contributed by atoms with Crippen molar-refractivity contribution in [3.05, 3.63) is 75.9 Å². The number of carbonyl (C=O) groups is 1. The highest BCUT2D eigenvalue weighted by molar-refractivity contribution is 6.36. The first-order chi connectivity index (χ1) is 12.5. The third-order valence-electron chi connectivity index (χ3n) is 4.30. The molecule has 0 saturated carbocycles. The Hall–Kier alpha value is -2.14. The van der Waals surface area contributed by atoms with Crippen molar-refractivity contribution in [2.75, 3.05) is 20.6 Å². The number of pyridine rings is 1. The van der Waals surface area contributed by atoms with E-state index in [9.17, 15) is 4.79 Å². The minimum Gasteiger partial charge on any atom is -0.350 e. The van der Waals surface area contributed by atoms with Crippen LogP contribution in [0.3, 0.4) is 0 Å². The number of rotatable bonds is 5. The fourth-order valence-corrected chi connectivity index (χ4v) is 3.40. The number of nitrogens with one attached hydrogen (secondary N) is 1. The Balaban J connectivity index is 1.84. The van der Waals surface area contributed by atoms with Gasteiger partial charge in [-0.3, -0.25) is 9.78 Å². The molecule has 6 heteroatoms. The van der Waals surface area contributed by atoms with Gasteiger partial charge >= 0.3 is 0 Å². The van der Waals surface area contributed by atoms with Gasteiger partial charge in [-0.2, -0.15) is 0 Å². The van der Waals surface area contributed by atoms with Crippen LogP contribution in [-0.2, 0) is 0 Å². The summed E-state index contributed by atoms with van der Waals surface area (Å²) in [6.45, 7) is 0.423. The van der Waals surface area contributed by atoms with Crippen LogP contribution < -0.4 is 5.32 Å². The molecule has 1 heterocycles. The number of fused-ring (bicyclic) bond motifs is 1. The topological polar surface area (TPSA) is 45.2 Å². The van der Waals surface area contributed by atoms with Crippen LogP contribution >= 0.6 is 23.2 Å². The van der Waals surface area contributed by atoms with Crippen LogP contribution in [0.1, 0.15) is 22.0 Å². The van der Waals surface area contributed by atoms with Gasteiger partial charge in [0.25, 0.3) is 5.91 Å². The number of hydrogen-bond donors (Lipinski definition) is 1. The normalized spacial score (nSPS) is 12.3. The van der Waals surface area contributed by atoms with Gasteiger partial charge in [0.15, 0.2) is 0 Å². The molecule has 0 spiro atoms. The van der Waals surface area contributed by atoms with E-state index in [-0.39, 0.29) is 11.9 Å². The molecule has 0 saturated heterocycles. The molecule has 26 heavy (non-hydrogen) atoms. The van der Waals surface area contributed by atoms with Gasteiger partial charge in [-0.25, -0.2) is 0 Å². The predicted octanol–water partition coefficient (Wildman–Crippen LogP) is 4.57. The zero-order chi connectivity index (χ0) is 18.7. The van der Waals surface area contributed by atoms with Crippen molar-refractivity contribution < 1.29 is 4.79 Å². The van der Waals surface area contributed by atoms with Gasteiger partial charge in [-0.05, 0) is 50.0 Å². The molecule has 0 aliphatic rings. The molecule has 0 bridgehead atoms. The number of aromatic nitrogens is 1. The molecule has 4 nitrogen and oxygen atoms in total. The van der Waals surface area contributed by atoms with E-state index in [1.54, 1.807) is 24.4 Å². The summed E-state index contributed by atoms with van der Waals surface area (Å²) in [5, 5.41) is 5.01. The lowest BCUT2D eigenvalue weighted by Crippen LogP contribution is -2.34. The van der Waals surface area contributed by atoms with E-state index in [0.717, 1.165) is 10.9 Å². The summed E-state index contributed by atoms with van der Waals surface area (Å²) in [7, 11) is 3.92. The standard InChI is InChI=1S/C20H19Cl2N3O/c1-25(2)18(13-6-3-4-8-16(13)21)12-24-20(26)15-9-10-17(22)14-7-5-11-23-19(14)15/h3-11,18H,12H2,1-2H3,(H,24,26)/t18-/m1/s1. The zero-order valence-electron chi connectivity index (χ0n) is 14.5. The predicted molar refractivity (Wildman–Crippen MR) is 107 cm³/mol. The van der Waals surface area contributed by atoms with Crippen molar-refractivity contribution in [3.8, 4) is 0 Å². The maximum atomic E-state index is 12.8. The first-order valence-electron chi connectivity index (χ1n) is 8.21. The molecule has 0 radical (unpaired) electrons. The molecule has 1 atom stereocenters. The number of likely N-dealkylation sites (N-methyl/N-ethyl adjacent to an activating group) is 1. The van der Waals surface area contributed by atoms with Crippen LogP contribution in [0.4, 0.5) is 0 Å². The van der Waals surface area contributed by atoms with E-state index in [2.05, 4.69) is 10.3 Å². The minimum absolute atomic E-state index is 0.0424.